The molecule has 3 unspecified atom stereocenters. The van der Waals surface area contributed by atoms with Crippen LogP contribution in [0.4, 0.5) is 17.1 Å². The van der Waals surface area contributed by atoms with Crippen LogP contribution >= 0.6 is 0 Å². The van der Waals surface area contributed by atoms with E-state index in [1.807, 2.05) is 12.1 Å². The molecule has 0 N–H and O–H groups in total. The Bertz CT molecular complexity index is 4080. The van der Waals surface area contributed by atoms with Crippen molar-refractivity contribution in [3.8, 4) is 33.8 Å². The van der Waals surface area contributed by atoms with E-state index < -0.39 is 5.41 Å². The molecule has 3 aliphatic carbocycles. The average Bonchev–Trinajstić information content (AvgIpc) is 3.97. The van der Waals surface area contributed by atoms with Crippen LogP contribution in [0.1, 0.15) is 51.3 Å². The van der Waals surface area contributed by atoms with Crippen molar-refractivity contribution in [1.82, 2.24) is 0 Å². The van der Waals surface area contributed by atoms with Crippen molar-refractivity contribution in [2.75, 3.05) is 4.90 Å². The molecule has 0 amide bonds. The molecule has 1 aliphatic heterocycles. The number of anilines is 3. The third-order valence-corrected chi connectivity index (χ3v) is 16.1. The maximum absolute atomic E-state index is 7.28. The first-order valence-corrected chi connectivity index (χ1v) is 25.3. The number of ether oxygens (including phenoxy) is 1. The lowest BCUT2D eigenvalue weighted by Crippen LogP contribution is -2.38. The Labute approximate surface area is 418 Å². The monoisotopic (exact) mass is 921 g/mol. The van der Waals surface area contributed by atoms with Crippen molar-refractivity contribution in [2.45, 2.75) is 24.2 Å². The Morgan fingerprint density at radius 2 is 1.14 bits per heavy atom. The van der Waals surface area contributed by atoms with Gasteiger partial charge in [-0.05, 0) is 123 Å². The molecule has 0 saturated carbocycles. The van der Waals surface area contributed by atoms with Gasteiger partial charge >= 0.3 is 0 Å². The van der Waals surface area contributed by atoms with Gasteiger partial charge in [-0.15, -0.1) is 0 Å². The highest BCUT2D eigenvalue weighted by atomic mass is 16.5. The first kappa shape index (κ1) is 40.9. The highest BCUT2D eigenvalue weighted by Crippen LogP contribution is 2.66. The van der Waals surface area contributed by atoms with Gasteiger partial charge in [0.15, 0.2) is 0 Å². The maximum Gasteiger partial charge on any atom is 0.139 e. The summed E-state index contributed by atoms with van der Waals surface area (Å²) in [5.74, 6) is 2.28. The summed E-state index contributed by atoms with van der Waals surface area (Å²) < 4.78 is 13.5. The number of furan rings is 1. The number of para-hydroxylation sites is 1. The van der Waals surface area contributed by atoms with Gasteiger partial charge in [0.1, 0.15) is 22.7 Å². The van der Waals surface area contributed by atoms with Gasteiger partial charge in [-0.25, -0.2) is 0 Å². The first-order chi connectivity index (χ1) is 35.7. The lowest BCUT2D eigenvalue weighted by Gasteiger charge is -2.44. The molecule has 0 bridgehead atoms. The molecule has 72 heavy (non-hydrogen) atoms. The van der Waals surface area contributed by atoms with Crippen LogP contribution in [0.15, 0.2) is 247 Å². The zero-order valence-electron chi connectivity index (χ0n) is 39.5. The Balaban J connectivity index is 0.848. The highest BCUT2D eigenvalue weighted by molar-refractivity contribution is 6.06. The van der Waals surface area contributed by atoms with Crippen LogP contribution in [0.25, 0.3) is 66.6 Å². The first-order valence-electron chi connectivity index (χ1n) is 25.3. The Hall–Kier alpha value is -8.92. The molecule has 11 aromatic rings. The molecule has 0 saturated heterocycles. The van der Waals surface area contributed by atoms with Crippen molar-refractivity contribution < 1.29 is 9.15 Å². The van der Waals surface area contributed by atoms with Gasteiger partial charge in [-0.2, -0.15) is 0 Å². The van der Waals surface area contributed by atoms with Crippen molar-refractivity contribution in [1.29, 1.82) is 0 Å². The minimum Gasteiger partial charge on any atom is -0.456 e. The molecule has 4 aliphatic rings. The molecule has 340 valence electrons. The summed E-state index contributed by atoms with van der Waals surface area (Å²) in [5, 5.41) is 4.61. The Morgan fingerprint density at radius 3 is 2.01 bits per heavy atom. The van der Waals surface area contributed by atoms with Gasteiger partial charge in [0.05, 0.1) is 5.41 Å². The number of rotatable bonds is 6. The number of aryl methyl sites for hydroxylation is 1. The molecule has 3 atom stereocenters. The smallest absolute Gasteiger partial charge is 0.139 e. The topological polar surface area (TPSA) is 25.6 Å². The van der Waals surface area contributed by atoms with Crippen molar-refractivity contribution in [3.05, 3.63) is 282 Å². The van der Waals surface area contributed by atoms with Crippen molar-refractivity contribution in [3.63, 3.8) is 0 Å². The van der Waals surface area contributed by atoms with E-state index in [0.717, 1.165) is 79.9 Å². The van der Waals surface area contributed by atoms with Gasteiger partial charge in [0.25, 0.3) is 0 Å². The van der Waals surface area contributed by atoms with E-state index in [0.29, 0.717) is 0 Å². The molecular weight excluding hydrogens is 875 g/mol. The van der Waals surface area contributed by atoms with Crippen LogP contribution in [0.5, 0.6) is 11.5 Å². The minimum absolute atomic E-state index is 0.103. The minimum atomic E-state index is -0.477. The summed E-state index contributed by atoms with van der Waals surface area (Å²) in [7, 11) is 0. The van der Waals surface area contributed by atoms with Crippen molar-refractivity contribution >= 4 is 61.4 Å². The van der Waals surface area contributed by atoms with E-state index in [1.54, 1.807) is 0 Å². The molecule has 0 fully saturated rings. The molecule has 1 spiro atoms. The molecule has 15 rings (SSSR count). The molecule has 10 aromatic carbocycles. The van der Waals surface area contributed by atoms with Crippen LogP contribution in [-0.2, 0) is 11.8 Å². The average molecular weight is 922 g/mol. The SMILES string of the molecule is C1=Cc2c(ccc3c2Oc2c(ccc4ccccc24)C32c3ccccc3C3C=CC(c4ccc(N(c5ccc(-c6ccc7oc8ccccc8c7c6)cc5)c5cccc(-c6ccccc6)c5)cc4)=CC32)CC1. The Kier molecular flexibility index (Phi) is 9.13. The zero-order valence-corrected chi connectivity index (χ0v) is 39.5. The predicted octanol–water partition coefficient (Wildman–Crippen LogP) is 18.3. The van der Waals surface area contributed by atoms with E-state index in [1.165, 1.54) is 61.0 Å². The van der Waals surface area contributed by atoms with Gasteiger partial charge in [0, 0.05) is 61.7 Å². The van der Waals surface area contributed by atoms with E-state index in [4.69, 9.17) is 9.15 Å². The van der Waals surface area contributed by atoms with Gasteiger partial charge < -0.3 is 14.1 Å². The van der Waals surface area contributed by atoms with Crippen molar-refractivity contribution in [2.24, 2.45) is 5.92 Å². The lowest BCUT2D eigenvalue weighted by atomic mass is 9.60. The fourth-order valence-electron chi connectivity index (χ4n) is 12.8. The number of fused-ring (bicyclic) bond motifs is 16. The standard InChI is InChI=1S/C69H47NO2/c1-2-13-44(14-3-1)49-17-12-18-54(41-49)70(52-33-25-45(26-34-52)50-32-40-66-60(42-50)59-22-9-11-24-65(59)71-66)53-35-27-46(28-36-53)51-29-37-58-57-21-8-10-23-61(57)69(64(58)43-51)62-38-30-47-15-4-6-19-55(47)67(62)72-68-56-20-7-5-16-48(56)31-39-63(68)69/h1-4,6-15,17-43,58,64H,5,16H2. The van der Waals surface area contributed by atoms with Gasteiger partial charge in [0.2, 0.25) is 0 Å². The maximum atomic E-state index is 7.28. The summed E-state index contributed by atoms with van der Waals surface area (Å²) in [6, 6.07) is 79.9. The van der Waals surface area contributed by atoms with Gasteiger partial charge in [-0.1, -0.05) is 194 Å². The predicted molar refractivity (Wildman–Crippen MR) is 297 cm³/mol. The summed E-state index contributed by atoms with van der Waals surface area (Å²) in [6.45, 7) is 0. The quantitative estimate of drug-likeness (QED) is 0.166. The summed E-state index contributed by atoms with van der Waals surface area (Å²) in [4.78, 5) is 2.38. The second-order valence-electron chi connectivity index (χ2n) is 19.8. The fourth-order valence-corrected chi connectivity index (χ4v) is 12.8. The largest absolute Gasteiger partial charge is 0.456 e. The molecule has 1 aromatic heterocycles. The summed E-state index contributed by atoms with van der Waals surface area (Å²) in [5.41, 5.74) is 19.5. The molecule has 2 heterocycles. The third kappa shape index (κ3) is 6.17. The molecule has 0 radical (unpaired) electrons. The number of nitrogens with zero attached hydrogens (tertiary/aromatic N) is 1. The van der Waals surface area contributed by atoms with Gasteiger partial charge in [-0.3, -0.25) is 0 Å². The second-order valence-corrected chi connectivity index (χ2v) is 19.8. The van der Waals surface area contributed by atoms with E-state index in [9.17, 15) is 0 Å². The van der Waals surface area contributed by atoms with E-state index in [-0.39, 0.29) is 11.8 Å². The second kappa shape index (κ2) is 16.1. The highest BCUT2D eigenvalue weighted by Gasteiger charge is 2.57. The number of hydrogen-bond acceptors (Lipinski definition) is 3. The Morgan fingerprint density at radius 1 is 0.458 bits per heavy atom. The summed E-state index contributed by atoms with van der Waals surface area (Å²) >= 11 is 0. The van der Waals surface area contributed by atoms with Crippen LogP contribution in [0.2, 0.25) is 0 Å². The fraction of sp³-hybridized carbons (Fsp3) is 0.0725. The normalized spacial score (nSPS) is 18.0. The number of benzene rings is 10. The number of allylic oxidation sites excluding steroid dienone is 5. The number of hydrogen-bond donors (Lipinski definition) is 0. The summed E-state index contributed by atoms with van der Waals surface area (Å²) in [6.07, 6.45) is 14.1. The lowest BCUT2D eigenvalue weighted by molar-refractivity contribution is 0.376. The third-order valence-electron chi connectivity index (χ3n) is 16.1. The molecule has 3 heteroatoms. The van der Waals surface area contributed by atoms with Crippen LogP contribution in [0, 0.1) is 5.92 Å². The zero-order chi connectivity index (χ0) is 47.3. The van der Waals surface area contributed by atoms with Crippen LogP contribution < -0.4 is 9.64 Å². The molecular formula is C69H47NO2. The van der Waals surface area contributed by atoms with Crippen LogP contribution in [-0.4, -0.2) is 0 Å². The molecule has 3 nitrogen and oxygen atoms in total. The van der Waals surface area contributed by atoms with Crippen LogP contribution in [0.3, 0.4) is 0 Å². The van der Waals surface area contributed by atoms with E-state index in [2.05, 4.69) is 242 Å². The van der Waals surface area contributed by atoms with E-state index >= 15 is 0 Å².